The highest BCUT2D eigenvalue weighted by molar-refractivity contribution is 6.24. The summed E-state index contributed by atoms with van der Waals surface area (Å²) in [6.45, 7) is 0. The van der Waals surface area contributed by atoms with Crippen LogP contribution < -0.4 is 0 Å². The van der Waals surface area contributed by atoms with Crippen LogP contribution in [0.5, 0.6) is 0 Å². The predicted octanol–water partition coefficient (Wildman–Crippen LogP) is 15.1. The van der Waals surface area contributed by atoms with Crippen LogP contribution >= 0.6 is 0 Å². The van der Waals surface area contributed by atoms with Gasteiger partial charge in [-0.1, -0.05) is 194 Å². The summed E-state index contributed by atoms with van der Waals surface area (Å²) in [7, 11) is 0. The first-order chi connectivity index (χ1) is 29.7. The summed E-state index contributed by atoms with van der Waals surface area (Å²) >= 11 is 0. The summed E-state index contributed by atoms with van der Waals surface area (Å²) in [5.41, 5.74) is 10.1. The molecular weight excluding hydrogens is 727 g/mol. The maximum Gasteiger partial charge on any atom is 0.160 e. The highest BCUT2D eigenvalue weighted by Gasteiger charge is 2.18. The highest BCUT2D eigenvalue weighted by Crippen LogP contribution is 2.42. The van der Waals surface area contributed by atoms with Crippen molar-refractivity contribution in [3.8, 4) is 56.3 Å². The third-order valence-corrected chi connectivity index (χ3v) is 12.0. The summed E-state index contributed by atoms with van der Waals surface area (Å²) in [5, 5.41) is 13.1. The van der Waals surface area contributed by atoms with E-state index in [-0.39, 0.29) is 0 Å². The molecule has 12 rings (SSSR count). The van der Waals surface area contributed by atoms with Gasteiger partial charge in [0.2, 0.25) is 0 Å². The van der Waals surface area contributed by atoms with Gasteiger partial charge < -0.3 is 0 Å². The number of aromatic nitrogens is 3. The van der Waals surface area contributed by atoms with Crippen molar-refractivity contribution < 1.29 is 0 Å². The maximum absolute atomic E-state index is 5.60. The molecule has 0 amide bonds. The molecule has 0 atom stereocenters. The number of benzene rings is 10. The Hall–Kier alpha value is -8.01. The van der Waals surface area contributed by atoms with Gasteiger partial charge in [-0.3, -0.25) is 0 Å². The van der Waals surface area contributed by atoms with Gasteiger partial charge in [-0.05, 0) is 66.9 Å². The average molecular weight is 762 g/mol. The minimum absolute atomic E-state index is 0.695. The van der Waals surface area contributed by atoms with Gasteiger partial charge in [-0.25, -0.2) is 15.0 Å². The van der Waals surface area contributed by atoms with Crippen LogP contribution in [0.2, 0.25) is 0 Å². The second kappa shape index (κ2) is 13.8. The summed E-state index contributed by atoms with van der Waals surface area (Å²) in [6.07, 6.45) is 0. The summed E-state index contributed by atoms with van der Waals surface area (Å²) in [6, 6.07) is 75.8. The smallest absolute Gasteiger partial charge is 0.160 e. The highest BCUT2D eigenvalue weighted by atomic mass is 14.9. The number of para-hydroxylation sites is 1. The minimum atomic E-state index is 0.695. The van der Waals surface area contributed by atoms with Crippen molar-refractivity contribution in [3.05, 3.63) is 212 Å². The molecule has 2 aromatic heterocycles. The van der Waals surface area contributed by atoms with Gasteiger partial charge in [0, 0.05) is 44.0 Å². The molecule has 0 bridgehead atoms. The minimum Gasteiger partial charge on any atom is -0.246 e. The molecule has 0 unspecified atom stereocenters. The van der Waals surface area contributed by atoms with Crippen LogP contribution in [0.3, 0.4) is 0 Å². The quantitative estimate of drug-likeness (QED) is 0.164. The van der Waals surface area contributed by atoms with Gasteiger partial charge >= 0.3 is 0 Å². The Morgan fingerprint density at radius 3 is 1.52 bits per heavy atom. The Bertz CT molecular complexity index is 3560. The Kier molecular flexibility index (Phi) is 7.85. The topological polar surface area (TPSA) is 38.7 Å². The molecule has 60 heavy (non-hydrogen) atoms. The fourth-order valence-corrected chi connectivity index (χ4v) is 9.04. The number of hydrogen-bond donors (Lipinski definition) is 0. The molecule has 0 aliphatic carbocycles. The van der Waals surface area contributed by atoms with E-state index in [0.717, 1.165) is 66.6 Å². The number of pyridine rings is 1. The van der Waals surface area contributed by atoms with Gasteiger partial charge in [0.25, 0.3) is 0 Å². The van der Waals surface area contributed by atoms with Crippen molar-refractivity contribution in [2.75, 3.05) is 0 Å². The second-order valence-corrected chi connectivity index (χ2v) is 15.6. The van der Waals surface area contributed by atoms with E-state index in [9.17, 15) is 0 Å². The fraction of sp³-hybridized carbons (Fsp3) is 0. The van der Waals surface area contributed by atoms with E-state index in [2.05, 4.69) is 212 Å². The van der Waals surface area contributed by atoms with Crippen LogP contribution in [0.1, 0.15) is 0 Å². The van der Waals surface area contributed by atoms with Crippen LogP contribution in [0.15, 0.2) is 212 Å². The molecule has 3 nitrogen and oxygen atoms in total. The maximum atomic E-state index is 5.60. The van der Waals surface area contributed by atoms with Gasteiger partial charge in [-0.15, -0.1) is 0 Å². The summed E-state index contributed by atoms with van der Waals surface area (Å²) < 4.78 is 0. The van der Waals surface area contributed by atoms with Crippen molar-refractivity contribution >= 4 is 64.8 Å². The molecule has 2 heterocycles. The molecule has 12 aromatic rings. The second-order valence-electron chi connectivity index (χ2n) is 15.6. The van der Waals surface area contributed by atoms with Crippen LogP contribution in [-0.2, 0) is 0 Å². The standard InChI is InChI=1S/C57H35N3/c1-3-15-42-33-44(29-23-36(42)11-1)53-35-52(58-57(59-53)45-30-24-37-12-2-4-16-43(37)34-45)40-25-27-41(28-26-40)55-51-32-31-39-14-6-8-19-47(39)54(51)50-22-10-21-49(56(50)60-55)48-20-9-17-38-13-5-7-18-46(38)48/h1-35H. The lowest BCUT2D eigenvalue weighted by Gasteiger charge is -2.16. The van der Waals surface area contributed by atoms with Crippen molar-refractivity contribution in [2.24, 2.45) is 0 Å². The zero-order valence-electron chi connectivity index (χ0n) is 32.5. The zero-order chi connectivity index (χ0) is 39.6. The van der Waals surface area contributed by atoms with Gasteiger partial charge in [0.1, 0.15) is 0 Å². The van der Waals surface area contributed by atoms with E-state index in [1.165, 1.54) is 48.7 Å². The first kappa shape index (κ1) is 34.1. The number of fused-ring (bicyclic) bond motifs is 8. The lowest BCUT2D eigenvalue weighted by Crippen LogP contribution is -1.96. The molecule has 0 spiro atoms. The SMILES string of the molecule is c1ccc2cc(-c3cc(-c4ccc(-c5nc6c(-c7cccc8ccccc78)cccc6c6c5ccc5ccccc56)cc4)nc(-c4ccc5ccccc5c4)n3)ccc2c1. The Morgan fingerprint density at radius 2 is 0.767 bits per heavy atom. The summed E-state index contributed by atoms with van der Waals surface area (Å²) in [4.78, 5) is 16.0. The van der Waals surface area contributed by atoms with Crippen LogP contribution in [0, 0.1) is 0 Å². The van der Waals surface area contributed by atoms with Crippen molar-refractivity contribution in [2.45, 2.75) is 0 Å². The van der Waals surface area contributed by atoms with E-state index >= 15 is 0 Å². The molecule has 3 heteroatoms. The zero-order valence-corrected chi connectivity index (χ0v) is 32.5. The summed E-state index contributed by atoms with van der Waals surface area (Å²) in [5.74, 6) is 0.695. The van der Waals surface area contributed by atoms with E-state index in [0.29, 0.717) is 5.82 Å². The van der Waals surface area contributed by atoms with E-state index in [1.807, 2.05) is 0 Å². The predicted molar refractivity (Wildman–Crippen MR) is 252 cm³/mol. The van der Waals surface area contributed by atoms with Crippen molar-refractivity contribution in [1.82, 2.24) is 15.0 Å². The molecular formula is C57H35N3. The normalized spacial score (nSPS) is 11.7. The lowest BCUT2D eigenvalue weighted by atomic mass is 9.91. The number of nitrogens with zero attached hydrogens (tertiary/aromatic N) is 3. The Labute approximate surface area is 346 Å². The largest absolute Gasteiger partial charge is 0.246 e. The first-order valence-electron chi connectivity index (χ1n) is 20.4. The number of rotatable bonds is 5. The molecule has 0 saturated heterocycles. The van der Waals surface area contributed by atoms with Crippen molar-refractivity contribution in [1.29, 1.82) is 0 Å². The molecule has 0 aliphatic rings. The third kappa shape index (κ3) is 5.71. The van der Waals surface area contributed by atoms with E-state index in [4.69, 9.17) is 15.0 Å². The van der Waals surface area contributed by atoms with Gasteiger partial charge in [0.15, 0.2) is 5.82 Å². The van der Waals surface area contributed by atoms with E-state index < -0.39 is 0 Å². The molecule has 0 aliphatic heterocycles. The third-order valence-electron chi connectivity index (χ3n) is 12.0. The molecule has 0 N–H and O–H groups in total. The van der Waals surface area contributed by atoms with Gasteiger partial charge in [-0.2, -0.15) is 0 Å². The van der Waals surface area contributed by atoms with Crippen molar-refractivity contribution in [3.63, 3.8) is 0 Å². The molecule has 10 aromatic carbocycles. The molecule has 278 valence electrons. The van der Waals surface area contributed by atoms with E-state index in [1.54, 1.807) is 0 Å². The lowest BCUT2D eigenvalue weighted by molar-refractivity contribution is 1.18. The van der Waals surface area contributed by atoms with Crippen LogP contribution in [-0.4, -0.2) is 15.0 Å². The van der Waals surface area contributed by atoms with Gasteiger partial charge in [0.05, 0.1) is 22.6 Å². The average Bonchev–Trinajstić information content (AvgIpc) is 3.32. The van der Waals surface area contributed by atoms with Crippen LogP contribution in [0.4, 0.5) is 0 Å². The molecule has 0 radical (unpaired) electrons. The Balaban J connectivity index is 1.04. The Morgan fingerprint density at radius 1 is 0.267 bits per heavy atom. The molecule has 0 fully saturated rings. The van der Waals surface area contributed by atoms with Crippen LogP contribution in [0.25, 0.3) is 121 Å². The fourth-order valence-electron chi connectivity index (χ4n) is 9.04. The molecule has 0 saturated carbocycles. The number of hydrogen-bond acceptors (Lipinski definition) is 3. The first-order valence-corrected chi connectivity index (χ1v) is 20.4. The monoisotopic (exact) mass is 761 g/mol.